The predicted octanol–water partition coefficient (Wildman–Crippen LogP) is 1.26. The Hall–Kier alpha value is -0.120. The molecule has 2 aliphatic rings. The van der Waals surface area contributed by atoms with Gasteiger partial charge in [0.05, 0.1) is 12.7 Å². The fourth-order valence-electron chi connectivity index (χ4n) is 2.67. The molecule has 0 bridgehead atoms. The number of rotatable bonds is 5. The molecule has 1 aliphatic carbocycles. The van der Waals surface area contributed by atoms with Gasteiger partial charge in [-0.25, -0.2) is 0 Å². The van der Waals surface area contributed by atoms with Crippen LogP contribution < -0.4 is 0 Å². The summed E-state index contributed by atoms with van der Waals surface area (Å²) in [6.45, 7) is 4.47. The van der Waals surface area contributed by atoms with Crippen LogP contribution in [0.5, 0.6) is 0 Å². The maximum atomic E-state index is 9.02. The molecule has 2 rings (SSSR count). The van der Waals surface area contributed by atoms with Crippen LogP contribution >= 0.6 is 0 Å². The Bertz CT molecular complexity index is 180. The van der Waals surface area contributed by atoms with Crippen LogP contribution in [0.3, 0.4) is 0 Å². The molecule has 1 unspecified atom stereocenters. The van der Waals surface area contributed by atoms with Crippen molar-refractivity contribution >= 4 is 0 Å². The van der Waals surface area contributed by atoms with Crippen molar-refractivity contribution in [3.05, 3.63) is 0 Å². The summed E-state index contributed by atoms with van der Waals surface area (Å²) in [5.41, 5.74) is 0. The van der Waals surface area contributed by atoms with Crippen LogP contribution in [0.15, 0.2) is 0 Å². The third kappa shape index (κ3) is 3.44. The van der Waals surface area contributed by atoms with Crippen LogP contribution in [0.4, 0.5) is 0 Å². The van der Waals surface area contributed by atoms with Crippen molar-refractivity contribution in [1.82, 2.24) is 4.90 Å². The van der Waals surface area contributed by atoms with Gasteiger partial charge in [0.2, 0.25) is 0 Å². The lowest BCUT2D eigenvalue weighted by molar-refractivity contribution is 0.0445. The highest BCUT2D eigenvalue weighted by molar-refractivity contribution is 4.75. The standard InChI is InChI=1S/C12H23NO2/c14-10-11-5-6-13(9-11)7-8-15-12-3-1-2-4-12/h11-12,14H,1-10H2. The molecular formula is C12H23NO2. The smallest absolute Gasteiger partial charge is 0.0597 e. The first-order valence-corrected chi connectivity index (χ1v) is 6.33. The van der Waals surface area contributed by atoms with E-state index >= 15 is 0 Å². The van der Waals surface area contributed by atoms with Gasteiger partial charge in [0.25, 0.3) is 0 Å². The second-order valence-electron chi connectivity index (χ2n) is 4.92. The SMILES string of the molecule is OCC1CCN(CCOC2CCCC2)C1. The molecule has 2 fully saturated rings. The van der Waals surface area contributed by atoms with E-state index < -0.39 is 0 Å². The van der Waals surface area contributed by atoms with Crippen molar-refractivity contribution < 1.29 is 9.84 Å². The molecule has 1 atom stereocenters. The second-order valence-corrected chi connectivity index (χ2v) is 4.92. The zero-order valence-corrected chi connectivity index (χ0v) is 9.53. The second kappa shape index (κ2) is 5.83. The Morgan fingerprint density at radius 2 is 2.00 bits per heavy atom. The topological polar surface area (TPSA) is 32.7 Å². The van der Waals surface area contributed by atoms with Crippen LogP contribution in [0.2, 0.25) is 0 Å². The quantitative estimate of drug-likeness (QED) is 0.746. The molecule has 88 valence electrons. The number of nitrogens with zero attached hydrogens (tertiary/aromatic N) is 1. The number of aliphatic hydroxyl groups is 1. The molecule has 1 saturated heterocycles. The average Bonchev–Trinajstić information content (AvgIpc) is 2.88. The minimum atomic E-state index is 0.347. The van der Waals surface area contributed by atoms with Gasteiger partial charge in [-0.05, 0) is 31.7 Å². The minimum absolute atomic E-state index is 0.347. The van der Waals surface area contributed by atoms with Gasteiger partial charge in [-0.3, -0.25) is 0 Å². The highest BCUT2D eigenvalue weighted by Crippen LogP contribution is 2.21. The molecule has 1 heterocycles. The van der Waals surface area contributed by atoms with E-state index in [1.54, 1.807) is 0 Å². The molecule has 0 radical (unpaired) electrons. The Morgan fingerprint density at radius 1 is 1.20 bits per heavy atom. The van der Waals surface area contributed by atoms with Gasteiger partial charge in [-0.1, -0.05) is 12.8 Å². The van der Waals surface area contributed by atoms with Gasteiger partial charge >= 0.3 is 0 Å². The molecule has 1 N–H and O–H groups in total. The van der Waals surface area contributed by atoms with Crippen molar-refractivity contribution in [3.63, 3.8) is 0 Å². The van der Waals surface area contributed by atoms with E-state index in [2.05, 4.69) is 4.90 Å². The van der Waals surface area contributed by atoms with Gasteiger partial charge in [-0.15, -0.1) is 0 Å². The highest BCUT2D eigenvalue weighted by Gasteiger charge is 2.22. The highest BCUT2D eigenvalue weighted by atomic mass is 16.5. The summed E-state index contributed by atoms with van der Waals surface area (Å²) in [5, 5.41) is 9.02. The lowest BCUT2D eigenvalue weighted by atomic mass is 10.1. The Labute approximate surface area is 92.4 Å². The molecule has 3 nitrogen and oxygen atoms in total. The molecule has 0 amide bonds. The molecule has 1 saturated carbocycles. The Morgan fingerprint density at radius 3 is 2.67 bits per heavy atom. The first kappa shape index (κ1) is 11.4. The third-order valence-corrected chi connectivity index (χ3v) is 3.69. The Kier molecular flexibility index (Phi) is 4.42. The minimum Gasteiger partial charge on any atom is -0.396 e. The molecule has 0 aromatic rings. The van der Waals surface area contributed by atoms with E-state index in [0.29, 0.717) is 18.6 Å². The number of likely N-dealkylation sites (tertiary alicyclic amines) is 1. The number of hydrogen-bond acceptors (Lipinski definition) is 3. The fourth-order valence-corrected chi connectivity index (χ4v) is 2.67. The van der Waals surface area contributed by atoms with Gasteiger partial charge in [-0.2, -0.15) is 0 Å². The lowest BCUT2D eigenvalue weighted by Crippen LogP contribution is -2.27. The summed E-state index contributed by atoms with van der Waals surface area (Å²) in [6.07, 6.45) is 6.92. The summed E-state index contributed by atoms with van der Waals surface area (Å²) in [6, 6.07) is 0. The van der Waals surface area contributed by atoms with Gasteiger partial charge < -0.3 is 14.7 Å². The monoisotopic (exact) mass is 213 g/mol. The van der Waals surface area contributed by atoms with Crippen molar-refractivity contribution in [2.24, 2.45) is 5.92 Å². The molecule has 0 aromatic heterocycles. The van der Waals surface area contributed by atoms with Crippen molar-refractivity contribution in [3.8, 4) is 0 Å². The Balaban J connectivity index is 1.54. The van der Waals surface area contributed by atoms with E-state index in [1.807, 2.05) is 0 Å². The van der Waals surface area contributed by atoms with Gasteiger partial charge in [0.1, 0.15) is 0 Å². The predicted molar refractivity (Wildman–Crippen MR) is 59.8 cm³/mol. The fraction of sp³-hybridized carbons (Fsp3) is 1.00. The molecule has 3 heteroatoms. The lowest BCUT2D eigenvalue weighted by Gasteiger charge is -2.17. The average molecular weight is 213 g/mol. The van der Waals surface area contributed by atoms with E-state index in [1.165, 1.54) is 25.7 Å². The molecule has 0 aromatic carbocycles. The number of aliphatic hydroxyl groups excluding tert-OH is 1. The van der Waals surface area contributed by atoms with E-state index in [9.17, 15) is 0 Å². The third-order valence-electron chi connectivity index (χ3n) is 3.69. The molecule has 0 spiro atoms. The summed E-state index contributed by atoms with van der Waals surface area (Å²) in [5.74, 6) is 0.511. The largest absolute Gasteiger partial charge is 0.396 e. The summed E-state index contributed by atoms with van der Waals surface area (Å²) in [7, 11) is 0. The molecular weight excluding hydrogens is 190 g/mol. The van der Waals surface area contributed by atoms with Crippen LogP contribution in [0.1, 0.15) is 32.1 Å². The van der Waals surface area contributed by atoms with Gasteiger partial charge in [0, 0.05) is 19.7 Å². The zero-order chi connectivity index (χ0) is 10.5. The van der Waals surface area contributed by atoms with Crippen molar-refractivity contribution in [2.75, 3.05) is 32.8 Å². The van der Waals surface area contributed by atoms with E-state index in [0.717, 1.165) is 32.7 Å². The molecule has 1 aliphatic heterocycles. The first-order chi connectivity index (χ1) is 7.38. The maximum absolute atomic E-state index is 9.02. The molecule has 15 heavy (non-hydrogen) atoms. The van der Waals surface area contributed by atoms with Gasteiger partial charge in [0.15, 0.2) is 0 Å². The first-order valence-electron chi connectivity index (χ1n) is 6.33. The van der Waals surface area contributed by atoms with Crippen molar-refractivity contribution in [1.29, 1.82) is 0 Å². The number of hydrogen-bond donors (Lipinski definition) is 1. The normalized spacial score (nSPS) is 29.0. The van der Waals surface area contributed by atoms with Crippen LogP contribution in [0.25, 0.3) is 0 Å². The maximum Gasteiger partial charge on any atom is 0.0597 e. The summed E-state index contributed by atoms with van der Waals surface area (Å²) < 4.78 is 5.83. The van der Waals surface area contributed by atoms with Crippen LogP contribution in [0, 0.1) is 5.92 Å². The van der Waals surface area contributed by atoms with Crippen molar-refractivity contribution in [2.45, 2.75) is 38.2 Å². The van der Waals surface area contributed by atoms with Crippen LogP contribution in [-0.2, 0) is 4.74 Å². The number of ether oxygens (including phenoxy) is 1. The van der Waals surface area contributed by atoms with E-state index in [-0.39, 0.29) is 0 Å². The van der Waals surface area contributed by atoms with Crippen LogP contribution in [-0.4, -0.2) is 49.0 Å². The summed E-state index contributed by atoms with van der Waals surface area (Å²) >= 11 is 0. The summed E-state index contributed by atoms with van der Waals surface area (Å²) in [4.78, 5) is 2.41. The van der Waals surface area contributed by atoms with E-state index in [4.69, 9.17) is 9.84 Å². The zero-order valence-electron chi connectivity index (χ0n) is 9.53.